The predicted octanol–water partition coefficient (Wildman–Crippen LogP) is 3.95. The van der Waals surface area contributed by atoms with Crippen molar-refractivity contribution >= 4 is 14.5 Å². The first-order chi connectivity index (χ1) is 5.48. The molecule has 0 amide bonds. The molecule has 0 aromatic rings. The van der Waals surface area contributed by atoms with Crippen molar-refractivity contribution in [3.05, 3.63) is 0 Å². The van der Waals surface area contributed by atoms with E-state index >= 15 is 0 Å². The second kappa shape index (κ2) is 5.96. The number of halogens is 2. The van der Waals surface area contributed by atoms with Gasteiger partial charge in [-0.2, -0.15) is 0 Å². The van der Waals surface area contributed by atoms with Gasteiger partial charge in [-0.25, -0.2) is 0 Å². The van der Waals surface area contributed by atoms with Gasteiger partial charge in [0.15, 0.2) is 0 Å². The van der Waals surface area contributed by atoms with Crippen molar-refractivity contribution in [3.63, 3.8) is 0 Å². The standard InChI is InChI=1S/C9H21AsF2/c1-4-5-7-10(11,12)8-6-9(2)3/h9-10H,4-8H2,1-3H3. The van der Waals surface area contributed by atoms with Gasteiger partial charge in [0.2, 0.25) is 0 Å². The fraction of sp³-hybridized carbons (Fsp3) is 1.00. The van der Waals surface area contributed by atoms with Crippen LogP contribution in [0.25, 0.3) is 0 Å². The molecule has 0 saturated heterocycles. The van der Waals surface area contributed by atoms with Crippen LogP contribution < -0.4 is 0 Å². The van der Waals surface area contributed by atoms with Crippen molar-refractivity contribution in [2.75, 3.05) is 0 Å². The molecule has 0 fully saturated rings. The SMILES string of the molecule is CCCC[AsH](F)(F)CCC(C)C. The van der Waals surface area contributed by atoms with E-state index in [4.69, 9.17) is 0 Å². The van der Waals surface area contributed by atoms with Gasteiger partial charge >= 0.3 is 77.8 Å². The first-order valence-electron chi connectivity index (χ1n) is 4.86. The quantitative estimate of drug-likeness (QED) is 0.619. The van der Waals surface area contributed by atoms with Crippen LogP contribution in [0.5, 0.6) is 0 Å². The molecular weight excluding hydrogens is 221 g/mol. The Labute approximate surface area is 78.2 Å². The van der Waals surface area contributed by atoms with E-state index in [1.807, 2.05) is 20.8 Å². The third-order valence-electron chi connectivity index (χ3n) is 1.98. The molecule has 0 aliphatic heterocycles. The molecule has 0 aromatic heterocycles. The van der Waals surface area contributed by atoms with Gasteiger partial charge in [0.1, 0.15) is 0 Å². The predicted molar refractivity (Wildman–Crippen MR) is 53.3 cm³/mol. The fourth-order valence-electron chi connectivity index (χ4n) is 1.06. The molecule has 0 spiro atoms. The molecule has 12 heavy (non-hydrogen) atoms. The Morgan fingerprint density at radius 1 is 1.17 bits per heavy atom. The Balaban J connectivity index is 3.56. The van der Waals surface area contributed by atoms with Crippen molar-refractivity contribution in [1.29, 1.82) is 0 Å². The van der Waals surface area contributed by atoms with Gasteiger partial charge in [0, 0.05) is 0 Å². The fourth-order valence-corrected chi connectivity index (χ4v) is 5.51. The molecular formula is C9H21AsF2. The second-order valence-corrected chi connectivity index (χ2v) is 9.58. The molecule has 0 rings (SSSR count). The van der Waals surface area contributed by atoms with Crippen LogP contribution in [0.15, 0.2) is 0 Å². The van der Waals surface area contributed by atoms with E-state index in [1.54, 1.807) is 0 Å². The topological polar surface area (TPSA) is 0 Å². The zero-order chi connectivity index (χ0) is 9.61. The van der Waals surface area contributed by atoms with Gasteiger partial charge in [0.25, 0.3) is 0 Å². The zero-order valence-corrected chi connectivity index (χ0v) is 10.5. The Kier molecular flexibility index (Phi) is 6.17. The monoisotopic (exact) mass is 242 g/mol. The average Bonchev–Trinajstić information content (AvgIpc) is 1.98. The summed E-state index contributed by atoms with van der Waals surface area (Å²) in [5.74, 6) is 0.433. The van der Waals surface area contributed by atoms with Crippen LogP contribution >= 0.6 is 0 Å². The Morgan fingerprint density at radius 3 is 2.17 bits per heavy atom. The van der Waals surface area contributed by atoms with E-state index in [9.17, 15) is 6.93 Å². The number of hydrogen-bond acceptors (Lipinski definition) is 0. The second-order valence-electron chi connectivity index (χ2n) is 3.89. The van der Waals surface area contributed by atoms with Gasteiger partial charge in [0.05, 0.1) is 0 Å². The van der Waals surface area contributed by atoms with E-state index in [-0.39, 0.29) is 10.4 Å². The third kappa shape index (κ3) is 7.09. The Morgan fingerprint density at radius 2 is 1.75 bits per heavy atom. The minimum absolute atomic E-state index is 0.248. The summed E-state index contributed by atoms with van der Waals surface area (Å²) in [6, 6.07) is 0. The number of rotatable bonds is 6. The molecule has 0 bridgehead atoms. The molecule has 0 nitrogen and oxygen atoms in total. The van der Waals surface area contributed by atoms with Gasteiger partial charge < -0.3 is 0 Å². The van der Waals surface area contributed by atoms with E-state index in [0.717, 1.165) is 19.3 Å². The zero-order valence-electron chi connectivity index (χ0n) is 8.37. The van der Waals surface area contributed by atoms with E-state index in [2.05, 4.69) is 0 Å². The first kappa shape index (κ1) is 12.4. The van der Waals surface area contributed by atoms with Gasteiger partial charge in [-0.05, 0) is 0 Å². The Hall–Kier alpha value is 0.418. The van der Waals surface area contributed by atoms with Crippen LogP contribution in [0.1, 0.15) is 40.0 Å². The molecule has 0 N–H and O–H groups in total. The van der Waals surface area contributed by atoms with Crippen molar-refractivity contribution in [2.24, 2.45) is 5.92 Å². The van der Waals surface area contributed by atoms with Crippen LogP contribution in [0, 0.1) is 5.92 Å². The Bertz CT molecular complexity index is 113. The molecule has 0 aliphatic carbocycles. The summed E-state index contributed by atoms with van der Waals surface area (Å²) in [5.41, 5.74) is 0. The normalized spacial score (nSPS) is 13.8. The summed E-state index contributed by atoms with van der Waals surface area (Å²) in [6.07, 6.45) is 2.35. The van der Waals surface area contributed by atoms with E-state index in [1.165, 1.54) is 0 Å². The summed E-state index contributed by atoms with van der Waals surface area (Å²) in [4.78, 5) is 0. The van der Waals surface area contributed by atoms with Crippen molar-refractivity contribution < 1.29 is 6.93 Å². The molecule has 0 saturated carbocycles. The van der Waals surface area contributed by atoms with Crippen LogP contribution in [0.3, 0.4) is 0 Å². The maximum absolute atomic E-state index is 13.2. The maximum atomic E-state index is 13.2. The van der Waals surface area contributed by atoms with E-state index < -0.39 is 14.5 Å². The van der Waals surface area contributed by atoms with Crippen LogP contribution in [0.2, 0.25) is 10.4 Å². The summed E-state index contributed by atoms with van der Waals surface area (Å²) in [7, 11) is 0. The summed E-state index contributed by atoms with van der Waals surface area (Å²) < 4.78 is 26.3. The minimum atomic E-state index is -4.27. The summed E-state index contributed by atoms with van der Waals surface area (Å²) in [6.45, 7) is 6.00. The van der Waals surface area contributed by atoms with Crippen molar-refractivity contribution in [3.8, 4) is 0 Å². The third-order valence-corrected chi connectivity index (χ3v) is 6.40. The van der Waals surface area contributed by atoms with Crippen molar-refractivity contribution in [1.82, 2.24) is 0 Å². The molecule has 0 radical (unpaired) electrons. The van der Waals surface area contributed by atoms with Gasteiger partial charge in [-0.1, -0.05) is 0 Å². The van der Waals surface area contributed by atoms with E-state index in [0.29, 0.717) is 5.92 Å². The van der Waals surface area contributed by atoms with Gasteiger partial charge in [-0.3, -0.25) is 0 Å². The number of unbranched alkanes of at least 4 members (excludes halogenated alkanes) is 1. The summed E-state index contributed by atoms with van der Waals surface area (Å²) in [5, 5.41) is 0.501. The average molecular weight is 242 g/mol. The van der Waals surface area contributed by atoms with Crippen LogP contribution in [0.4, 0.5) is 6.93 Å². The summed E-state index contributed by atoms with van der Waals surface area (Å²) >= 11 is -4.27. The molecule has 0 atom stereocenters. The number of hydrogen-bond donors (Lipinski definition) is 0. The van der Waals surface area contributed by atoms with Crippen LogP contribution in [-0.4, -0.2) is 14.5 Å². The molecule has 0 unspecified atom stereocenters. The molecule has 3 heteroatoms. The van der Waals surface area contributed by atoms with Crippen molar-refractivity contribution in [2.45, 2.75) is 50.5 Å². The van der Waals surface area contributed by atoms with Crippen LogP contribution in [-0.2, 0) is 0 Å². The molecule has 76 valence electrons. The molecule has 0 aromatic carbocycles. The molecule has 0 aliphatic rings. The first-order valence-corrected chi connectivity index (χ1v) is 9.41. The molecule has 0 heterocycles. The van der Waals surface area contributed by atoms with Gasteiger partial charge in [-0.15, -0.1) is 0 Å².